The molecular formula is C11H12F3N3O3S2. The summed E-state index contributed by atoms with van der Waals surface area (Å²) in [5.74, 6) is -1.46. The number of thiocarbonyl (C=S) groups is 1. The Morgan fingerprint density at radius 1 is 1.50 bits per heavy atom. The minimum absolute atomic E-state index is 0.0297. The molecule has 122 valence electrons. The number of rotatable bonds is 3. The molecule has 0 aliphatic rings. The van der Waals surface area contributed by atoms with E-state index in [0.717, 1.165) is 13.2 Å². The summed E-state index contributed by atoms with van der Waals surface area (Å²) >= 11 is 2.56. The number of carbonyl (C=O) groups excluding carboxylic acids is 1. The van der Waals surface area contributed by atoms with E-state index in [1.54, 1.807) is 0 Å². The number of anilines is 2. The third-order valence-electron chi connectivity index (χ3n) is 2.23. The maximum Gasteiger partial charge on any atom is 0.433 e. The average molecular weight is 355 g/mol. The lowest BCUT2D eigenvalue weighted by Gasteiger charge is -2.15. The molecule has 22 heavy (non-hydrogen) atoms. The number of hydrogen-bond acceptors (Lipinski definition) is 5. The van der Waals surface area contributed by atoms with Gasteiger partial charge in [-0.15, -0.1) is 0 Å². The number of benzene rings is 1. The molecule has 4 N–H and O–H groups in total. The lowest BCUT2D eigenvalue weighted by molar-refractivity contribution is -0.106. The standard InChI is InChI=1S/C11H12F3N3O3S2/c1-20-10(18)17-9(21)16-8-3-2-6(4-7(8)15)22(19)5-11(12,13)14/h2-4H,5,15H2,1H3,(H2,16,17,18,21). The molecule has 0 spiro atoms. The number of carbonyl (C=O) groups is 1. The molecule has 0 radical (unpaired) electrons. The van der Waals surface area contributed by atoms with Gasteiger partial charge in [-0.25, -0.2) is 4.79 Å². The van der Waals surface area contributed by atoms with Crippen molar-refractivity contribution in [1.29, 1.82) is 0 Å². The molecule has 11 heteroatoms. The summed E-state index contributed by atoms with van der Waals surface area (Å²) in [4.78, 5) is 10.9. The van der Waals surface area contributed by atoms with Crippen LogP contribution in [0.1, 0.15) is 0 Å². The molecule has 0 bridgehead atoms. The van der Waals surface area contributed by atoms with Gasteiger partial charge in [0.25, 0.3) is 0 Å². The van der Waals surface area contributed by atoms with Gasteiger partial charge in [0.05, 0.1) is 18.5 Å². The monoisotopic (exact) mass is 355 g/mol. The number of amides is 1. The number of halogens is 3. The second-order valence-electron chi connectivity index (χ2n) is 3.92. The van der Waals surface area contributed by atoms with Crippen LogP contribution in [0.25, 0.3) is 0 Å². The fraction of sp³-hybridized carbons (Fsp3) is 0.273. The fourth-order valence-electron chi connectivity index (χ4n) is 1.33. The molecule has 1 rings (SSSR count). The zero-order valence-electron chi connectivity index (χ0n) is 11.2. The largest absolute Gasteiger partial charge is 0.611 e. The minimum atomic E-state index is -4.54. The highest BCUT2D eigenvalue weighted by molar-refractivity contribution is 7.91. The Morgan fingerprint density at radius 2 is 2.14 bits per heavy atom. The van der Waals surface area contributed by atoms with Gasteiger partial charge in [0.15, 0.2) is 10.0 Å². The first-order valence-electron chi connectivity index (χ1n) is 5.63. The fourth-order valence-corrected chi connectivity index (χ4v) is 2.46. The predicted molar refractivity (Wildman–Crippen MR) is 79.9 cm³/mol. The van der Waals surface area contributed by atoms with Gasteiger partial charge in [-0.2, -0.15) is 13.2 Å². The maximum atomic E-state index is 12.2. The van der Waals surface area contributed by atoms with Gasteiger partial charge in [-0.3, -0.25) is 5.32 Å². The second-order valence-corrected chi connectivity index (χ2v) is 5.78. The van der Waals surface area contributed by atoms with Crippen molar-refractivity contribution < 1.29 is 27.3 Å². The molecule has 1 amide bonds. The number of alkyl halides is 3. The molecule has 0 fully saturated rings. The molecule has 0 aliphatic carbocycles. The van der Waals surface area contributed by atoms with Gasteiger partial charge in [0.2, 0.25) is 5.75 Å². The van der Waals surface area contributed by atoms with Crippen LogP contribution < -0.4 is 16.4 Å². The Balaban J connectivity index is 2.77. The minimum Gasteiger partial charge on any atom is -0.611 e. The van der Waals surface area contributed by atoms with Crippen LogP contribution in [0.15, 0.2) is 23.1 Å². The zero-order chi connectivity index (χ0) is 16.9. The van der Waals surface area contributed by atoms with Crippen LogP contribution >= 0.6 is 12.2 Å². The summed E-state index contributed by atoms with van der Waals surface area (Å²) in [6, 6.07) is 3.68. The summed E-state index contributed by atoms with van der Waals surface area (Å²) in [6.07, 6.45) is -5.33. The predicted octanol–water partition coefficient (Wildman–Crippen LogP) is 1.99. The number of alkyl carbamates (subject to hydrolysis) is 1. The lowest BCUT2D eigenvalue weighted by Crippen LogP contribution is -2.34. The highest BCUT2D eigenvalue weighted by atomic mass is 32.2. The lowest BCUT2D eigenvalue weighted by atomic mass is 10.3. The summed E-state index contributed by atoms with van der Waals surface area (Å²) in [5.41, 5.74) is 5.93. The number of hydrogen-bond donors (Lipinski definition) is 3. The third kappa shape index (κ3) is 5.95. The Bertz CT molecular complexity index is 569. The number of nitrogens with one attached hydrogen (secondary N) is 2. The number of nitrogen functional groups attached to an aromatic ring is 1. The highest BCUT2D eigenvalue weighted by Crippen LogP contribution is 2.27. The van der Waals surface area contributed by atoms with Gasteiger partial charge in [0, 0.05) is 6.07 Å². The van der Waals surface area contributed by atoms with Crippen molar-refractivity contribution in [3.05, 3.63) is 18.2 Å². The second kappa shape index (κ2) is 7.51. The topological polar surface area (TPSA) is 99.4 Å². The van der Waals surface area contributed by atoms with E-state index in [9.17, 15) is 22.5 Å². The number of nitrogens with two attached hydrogens (primary N) is 1. The van der Waals surface area contributed by atoms with Crippen LogP contribution in [-0.2, 0) is 15.9 Å². The molecule has 1 atom stereocenters. The van der Waals surface area contributed by atoms with E-state index in [-0.39, 0.29) is 21.4 Å². The molecule has 0 aliphatic heterocycles. The van der Waals surface area contributed by atoms with Crippen LogP contribution in [0.2, 0.25) is 0 Å². The zero-order valence-corrected chi connectivity index (χ0v) is 12.8. The first-order valence-corrected chi connectivity index (χ1v) is 7.35. The van der Waals surface area contributed by atoms with Gasteiger partial charge >= 0.3 is 12.3 Å². The number of ether oxygens (including phenoxy) is 1. The normalized spacial score (nSPS) is 12.4. The van der Waals surface area contributed by atoms with Crippen molar-refractivity contribution in [3.63, 3.8) is 0 Å². The quantitative estimate of drug-likeness (QED) is 0.436. The molecule has 1 aromatic carbocycles. The van der Waals surface area contributed by atoms with Crippen molar-refractivity contribution in [1.82, 2.24) is 5.32 Å². The van der Waals surface area contributed by atoms with Crippen LogP contribution in [0.5, 0.6) is 0 Å². The molecule has 6 nitrogen and oxygen atoms in total. The first kappa shape index (κ1) is 18.3. The summed E-state index contributed by atoms with van der Waals surface area (Å²) in [7, 11) is 1.15. The SMILES string of the molecule is COC(=O)NC(=S)Nc1ccc([S+]([O-])CC(F)(F)F)cc1N. The van der Waals surface area contributed by atoms with Crippen molar-refractivity contribution in [2.45, 2.75) is 11.1 Å². The smallest absolute Gasteiger partial charge is 0.433 e. The molecule has 0 aromatic heterocycles. The molecule has 1 aromatic rings. The van der Waals surface area contributed by atoms with E-state index in [1.807, 2.05) is 0 Å². The molecule has 0 heterocycles. The first-order chi connectivity index (χ1) is 10.1. The van der Waals surface area contributed by atoms with Crippen LogP contribution in [0, 0.1) is 0 Å². The van der Waals surface area contributed by atoms with E-state index in [2.05, 4.69) is 15.4 Å². The average Bonchev–Trinajstić information content (AvgIpc) is 2.38. The third-order valence-corrected chi connectivity index (χ3v) is 3.80. The molecular weight excluding hydrogens is 343 g/mol. The van der Waals surface area contributed by atoms with Crippen molar-refractivity contribution in [2.24, 2.45) is 0 Å². The Labute approximate surface area is 132 Å². The van der Waals surface area contributed by atoms with E-state index in [0.29, 0.717) is 0 Å². The van der Waals surface area contributed by atoms with Crippen LogP contribution in [0.4, 0.5) is 29.3 Å². The van der Waals surface area contributed by atoms with Gasteiger partial charge in [-0.05, 0) is 35.5 Å². The maximum absolute atomic E-state index is 12.2. The van der Waals surface area contributed by atoms with Crippen LogP contribution in [-0.4, -0.2) is 34.8 Å². The van der Waals surface area contributed by atoms with Crippen molar-refractivity contribution in [2.75, 3.05) is 23.9 Å². The van der Waals surface area contributed by atoms with E-state index < -0.39 is 29.2 Å². The summed E-state index contributed by atoms with van der Waals surface area (Å²) < 4.78 is 52.5. The molecule has 0 saturated carbocycles. The van der Waals surface area contributed by atoms with Gasteiger partial charge in [0.1, 0.15) is 0 Å². The van der Waals surface area contributed by atoms with E-state index in [4.69, 9.17) is 18.0 Å². The molecule has 0 saturated heterocycles. The van der Waals surface area contributed by atoms with E-state index in [1.165, 1.54) is 12.1 Å². The Morgan fingerprint density at radius 3 is 2.64 bits per heavy atom. The highest BCUT2D eigenvalue weighted by Gasteiger charge is 2.35. The van der Waals surface area contributed by atoms with Gasteiger partial charge in [-0.1, -0.05) is 0 Å². The van der Waals surface area contributed by atoms with Crippen molar-refractivity contribution in [3.8, 4) is 0 Å². The summed E-state index contributed by atoms with van der Waals surface area (Å²) in [5, 5.41) is 4.62. The van der Waals surface area contributed by atoms with Crippen LogP contribution in [0.3, 0.4) is 0 Å². The van der Waals surface area contributed by atoms with Crippen molar-refractivity contribution >= 4 is 46.0 Å². The molecule has 1 unspecified atom stereocenters. The van der Waals surface area contributed by atoms with Gasteiger partial charge < -0.3 is 20.3 Å². The Hall–Kier alpha value is -1.72. The number of methoxy groups -OCH3 is 1. The van der Waals surface area contributed by atoms with E-state index >= 15 is 0 Å². The Kier molecular flexibility index (Phi) is 6.26. The summed E-state index contributed by atoms with van der Waals surface area (Å²) in [6.45, 7) is 0.